The molecule has 2 amide bonds. The summed E-state index contributed by atoms with van der Waals surface area (Å²) >= 11 is 0. The Morgan fingerprint density at radius 3 is 2.30 bits per heavy atom. The highest BCUT2D eigenvalue weighted by Gasteiger charge is 2.24. The molecule has 8 heteroatoms. The van der Waals surface area contributed by atoms with E-state index in [1.54, 1.807) is 24.3 Å². The average Bonchev–Trinajstić information content (AvgIpc) is 2.54. The van der Waals surface area contributed by atoms with E-state index in [2.05, 4.69) is 5.32 Å². The van der Waals surface area contributed by atoms with Crippen LogP contribution in [0.15, 0.2) is 24.3 Å². The predicted octanol–water partition coefficient (Wildman–Crippen LogP) is 0.339. The molecule has 1 rings (SSSR count). The van der Waals surface area contributed by atoms with Crippen molar-refractivity contribution in [3.05, 3.63) is 29.8 Å². The number of hydrogen-bond donors (Lipinski definition) is 4. The molecule has 2 unspecified atom stereocenters. The van der Waals surface area contributed by atoms with Gasteiger partial charge >= 0.3 is 5.97 Å². The van der Waals surface area contributed by atoms with Crippen molar-refractivity contribution in [3.8, 4) is 5.75 Å². The average molecular weight is 324 g/mol. The van der Waals surface area contributed by atoms with Gasteiger partial charge in [-0.3, -0.25) is 14.8 Å². The molecule has 0 fully saturated rings. The van der Waals surface area contributed by atoms with E-state index >= 15 is 0 Å². The molecule has 0 radical (unpaired) electrons. The van der Waals surface area contributed by atoms with Crippen molar-refractivity contribution < 1.29 is 29.4 Å². The number of benzene rings is 1. The fourth-order valence-corrected chi connectivity index (χ4v) is 1.93. The first-order chi connectivity index (χ1) is 10.9. The minimum absolute atomic E-state index is 0.101. The van der Waals surface area contributed by atoms with E-state index in [-0.39, 0.29) is 12.8 Å². The molecule has 0 spiro atoms. The molecule has 23 heavy (non-hydrogen) atoms. The molecule has 4 N–H and O–H groups in total. The van der Waals surface area contributed by atoms with Crippen LogP contribution in [0.3, 0.4) is 0 Å². The molecular formula is C15H20N2O6. The molecule has 0 saturated carbocycles. The number of carbonyl (C=O) groups is 3. The molecule has 0 aromatic heterocycles. The summed E-state index contributed by atoms with van der Waals surface area (Å²) in [6.45, 7) is 1.47. The molecule has 1 aromatic rings. The minimum atomic E-state index is -1.17. The van der Waals surface area contributed by atoms with Gasteiger partial charge in [0.1, 0.15) is 11.8 Å². The van der Waals surface area contributed by atoms with Crippen LogP contribution in [0, 0.1) is 5.92 Å². The fourth-order valence-electron chi connectivity index (χ4n) is 1.93. The maximum absolute atomic E-state index is 11.9. The van der Waals surface area contributed by atoms with E-state index < -0.39 is 29.7 Å². The molecule has 0 bridgehead atoms. The van der Waals surface area contributed by atoms with Crippen molar-refractivity contribution in [2.45, 2.75) is 25.8 Å². The molecule has 1 aromatic carbocycles. The van der Waals surface area contributed by atoms with E-state index in [1.807, 2.05) is 0 Å². The standard InChI is InChI=1S/C15H20N2O6/c1-9(7-13(18)17-22)14(19)16-12(15(20)21)8-10-3-5-11(23-2)6-4-10/h3-6,9,12,22H,7-8H2,1-2H3,(H,16,19)(H,17,18)(H,20,21). The number of carbonyl (C=O) groups excluding carboxylic acids is 2. The van der Waals surface area contributed by atoms with E-state index in [9.17, 15) is 19.5 Å². The molecule has 0 aliphatic rings. The van der Waals surface area contributed by atoms with Gasteiger partial charge in [0.05, 0.1) is 7.11 Å². The fraction of sp³-hybridized carbons (Fsp3) is 0.400. The largest absolute Gasteiger partial charge is 0.497 e. The Morgan fingerprint density at radius 1 is 1.22 bits per heavy atom. The third kappa shape index (κ3) is 5.95. The van der Waals surface area contributed by atoms with Gasteiger partial charge in [-0.05, 0) is 17.7 Å². The summed E-state index contributed by atoms with van der Waals surface area (Å²) in [5.74, 6) is -2.58. The Morgan fingerprint density at radius 2 is 1.83 bits per heavy atom. The zero-order valence-corrected chi connectivity index (χ0v) is 12.9. The number of carboxylic acids is 1. The van der Waals surface area contributed by atoms with Crippen molar-refractivity contribution in [1.82, 2.24) is 10.8 Å². The maximum atomic E-state index is 11.9. The van der Waals surface area contributed by atoms with Gasteiger partial charge in [0.25, 0.3) is 0 Å². The second-order valence-corrected chi connectivity index (χ2v) is 5.09. The van der Waals surface area contributed by atoms with Crippen LogP contribution in [0.4, 0.5) is 0 Å². The lowest BCUT2D eigenvalue weighted by Gasteiger charge is -2.17. The maximum Gasteiger partial charge on any atom is 0.326 e. The molecule has 0 saturated heterocycles. The number of carboxylic acid groups (broad SMARTS) is 1. The van der Waals surface area contributed by atoms with E-state index in [0.717, 1.165) is 5.56 Å². The van der Waals surface area contributed by atoms with E-state index in [0.29, 0.717) is 5.75 Å². The normalized spacial score (nSPS) is 12.8. The van der Waals surface area contributed by atoms with Crippen LogP contribution in [0.5, 0.6) is 5.75 Å². The van der Waals surface area contributed by atoms with Gasteiger partial charge < -0.3 is 15.2 Å². The lowest BCUT2D eigenvalue weighted by atomic mass is 10.0. The van der Waals surface area contributed by atoms with Gasteiger partial charge in [0.15, 0.2) is 0 Å². The molecule has 0 aliphatic heterocycles. The van der Waals surface area contributed by atoms with Crippen LogP contribution >= 0.6 is 0 Å². The Kier molecular flexibility index (Phi) is 7.01. The third-order valence-corrected chi connectivity index (χ3v) is 3.28. The predicted molar refractivity (Wildman–Crippen MR) is 80.0 cm³/mol. The van der Waals surface area contributed by atoms with Crippen molar-refractivity contribution in [2.75, 3.05) is 7.11 Å². The van der Waals surface area contributed by atoms with Crippen LogP contribution in [0.2, 0.25) is 0 Å². The zero-order chi connectivity index (χ0) is 17.4. The topological polar surface area (TPSA) is 125 Å². The molecule has 0 heterocycles. The van der Waals surface area contributed by atoms with Crippen LogP contribution in [0.1, 0.15) is 18.9 Å². The van der Waals surface area contributed by atoms with Gasteiger partial charge in [-0.2, -0.15) is 0 Å². The Hall–Kier alpha value is -2.61. The summed E-state index contributed by atoms with van der Waals surface area (Å²) in [7, 11) is 1.53. The van der Waals surface area contributed by atoms with Crippen LogP contribution in [-0.4, -0.2) is 41.2 Å². The first-order valence-corrected chi connectivity index (χ1v) is 6.96. The number of hydrogen-bond acceptors (Lipinski definition) is 5. The van der Waals surface area contributed by atoms with Crippen LogP contribution in [0.25, 0.3) is 0 Å². The quantitative estimate of drug-likeness (QED) is 0.404. The Balaban J connectivity index is 2.68. The SMILES string of the molecule is COc1ccc(CC(NC(=O)C(C)CC(=O)NO)C(=O)O)cc1. The number of amides is 2. The molecule has 126 valence electrons. The van der Waals surface area contributed by atoms with Gasteiger partial charge in [-0.25, -0.2) is 10.3 Å². The molecular weight excluding hydrogens is 304 g/mol. The second kappa shape index (κ2) is 8.74. The summed E-state index contributed by atoms with van der Waals surface area (Å²) in [6, 6.07) is 5.71. The van der Waals surface area contributed by atoms with Gasteiger partial charge in [0, 0.05) is 18.8 Å². The molecule has 8 nitrogen and oxygen atoms in total. The lowest BCUT2D eigenvalue weighted by molar-refractivity contribution is -0.142. The van der Waals surface area contributed by atoms with Gasteiger partial charge in [-0.15, -0.1) is 0 Å². The van der Waals surface area contributed by atoms with Crippen molar-refractivity contribution in [1.29, 1.82) is 0 Å². The number of hydroxylamine groups is 1. The summed E-state index contributed by atoms with van der Waals surface area (Å²) in [5.41, 5.74) is 2.15. The van der Waals surface area contributed by atoms with Crippen LogP contribution in [-0.2, 0) is 20.8 Å². The second-order valence-electron chi connectivity index (χ2n) is 5.09. The van der Waals surface area contributed by atoms with Gasteiger partial charge in [-0.1, -0.05) is 19.1 Å². The van der Waals surface area contributed by atoms with Crippen molar-refractivity contribution >= 4 is 17.8 Å². The highest BCUT2D eigenvalue weighted by molar-refractivity contribution is 5.88. The summed E-state index contributed by atoms with van der Waals surface area (Å²) < 4.78 is 5.02. The first kappa shape index (κ1) is 18.4. The van der Waals surface area contributed by atoms with E-state index in [4.69, 9.17) is 9.94 Å². The molecule has 0 aliphatic carbocycles. The Bertz CT molecular complexity index is 558. The lowest BCUT2D eigenvalue weighted by Crippen LogP contribution is -2.45. The summed E-state index contributed by atoms with van der Waals surface area (Å²) in [5, 5.41) is 20.1. The zero-order valence-electron chi connectivity index (χ0n) is 12.9. The number of rotatable bonds is 8. The Labute approximate surface area is 133 Å². The summed E-state index contributed by atoms with van der Waals surface area (Å²) in [6.07, 6.45) is -0.138. The van der Waals surface area contributed by atoms with Crippen molar-refractivity contribution in [2.24, 2.45) is 5.92 Å². The minimum Gasteiger partial charge on any atom is -0.497 e. The first-order valence-electron chi connectivity index (χ1n) is 6.96. The summed E-state index contributed by atoms with van der Waals surface area (Å²) in [4.78, 5) is 34.3. The van der Waals surface area contributed by atoms with Crippen LogP contribution < -0.4 is 15.5 Å². The monoisotopic (exact) mass is 324 g/mol. The number of aliphatic carboxylic acids is 1. The highest BCUT2D eigenvalue weighted by Crippen LogP contribution is 2.13. The number of methoxy groups -OCH3 is 1. The van der Waals surface area contributed by atoms with Gasteiger partial charge in [0.2, 0.25) is 11.8 Å². The number of nitrogens with one attached hydrogen (secondary N) is 2. The highest BCUT2D eigenvalue weighted by atomic mass is 16.5. The van der Waals surface area contributed by atoms with Crippen molar-refractivity contribution in [3.63, 3.8) is 0 Å². The third-order valence-electron chi connectivity index (χ3n) is 3.28. The smallest absolute Gasteiger partial charge is 0.326 e. The van der Waals surface area contributed by atoms with E-state index in [1.165, 1.54) is 19.5 Å². The molecule has 2 atom stereocenters. The number of ether oxygens (including phenoxy) is 1.